The maximum Gasteiger partial charge on any atom is 0.265 e. The van der Waals surface area contributed by atoms with Crippen LogP contribution in [0.3, 0.4) is 0 Å². The third kappa shape index (κ3) is 4.43. The molecule has 31 heavy (non-hydrogen) atoms. The van der Waals surface area contributed by atoms with Gasteiger partial charge in [-0.2, -0.15) is 4.31 Å². The molecule has 2 heterocycles. The zero-order valence-corrected chi connectivity index (χ0v) is 19.0. The Labute approximate surface area is 183 Å². The molecule has 2 aliphatic heterocycles. The van der Waals surface area contributed by atoms with Crippen molar-refractivity contribution in [1.82, 2.24) is 9.62 Å². The summed E-state index contributed by atoms with van der Waals surface area (Å²) in [4.78, 5) is 25.0. The first-order chi connectivity index (χ1) is 14.8. The summed E-state index contributed by atoms with van der Waals surface area (Å²) in [6.45, 7) is 3.62. The van der Waals surface area contributed by atoms with Crippen LogP contribution in [-0.4, -0.2) is 49.3 Å². The molecule has 2 amide bonds. The number of aryl methyl sites for hydroxylation is 1. The van der Waals surface area contributed by atoms with Gasteiger partial charge < -0.3 is 15.4 Å². The number of sulfonamides is 1. The molecule has 0 radical (unpaired) electrons. The number of carbonyl (C=O) groups excluding carboxylic acids is 2. The van der Waals surface area contributed by atoms with E-state index in [0.717, 1.165) is 25.7 Å². The smallest absolute Gasteiger partial charge is 0.265 e. The number of hydrogen-bond donors (Lipinski definition) is 2. The fourth-order valence-corrected chi connectivity index (χ4v) is 6.64. The highest BCUT2D eigenvalue weighted by Gasteiger charge is 2.41. The summed E-state index contributed by atoms with van der Waals surface area (Å²) in [7, 11) is -3.90. The first-order valence-corrected chi connectivity index (χ1v) is 12.7. The van der Waals surface area contributed by atoms with E-state index < -0.39 is 22.2 Å². The van der Waals surface area contributed by atoms with Crippen LogP contribution < -0.4 is 15.4 Å². The van der Waals surface area contributed by atoms with Crippen LogP contribution in [0.4, 0.5) is 5.69 Å². The van der Waals surface area contributed by atoms with E-state index in [1.807, 2.05) is 0 Å². The summed E-state index contributed by atoms with van der Waals surface area (Å²) in [5.41, 5.74) is 0.968. The fourth-order valence-electron chi connectivity index (χ4n) is 4.76. The van der Waals surface area contributed by atoms with E-state index in [4.69, 9.17) is 4.74 Å². The van der Waals surface area contributed by atoms with Crippen molar-refractivity contribution in [1.29, 1.82) is 0 Å². The van der Waals surface area contributed by atoms with Crippen molar-refractivity contribution in [2.24, 2.45) is 0 Å². The van der Waals surface area contributed by atoms with Crippen molar-refractivity contribution >= 4 is 27.5 Å². The molecule has 1 aromatic rings. The first-order valence-electron chi connectivity index (χ1n) is 11.2. The van der Waals surface area contributed by atoms with E-state index >= 15 is 0 Å². The molecule has 4 rings (SSSR count). The van der Waals surface area contributed by atoms with Crippen LogP contribution in [0.1, 0.15) is 63.9 Å². The lowest BCUT2D eigenvalue weighted by atomic mass is 10.1. The molecule has 2 N–H and O–H groups in total. The normalized spacial score (nSPS) is 25.3. The molecule has 1 aliphatic carbocycles. The van der Waals surface area contributed by atoms with Crippen LogP contribution in [0.5, 0.6) is 5.75 Å². The zero-order chi connectivity index (χ0) is 22.2. The number of fused-ring (bicyclic) bond motifs is 1. The SMILES string of the molecule is Cc1cc2c(cc1S(=O)(=O)N1CCCC1C(=O)NC1CCCCCC1)OC(C)C(=O)N2. The van der Waals surface area contributed by atoms with E-state index in [2.05, 4.69) is 10.6 Å². The molecule has 1 saturated heterocycles. The van der Waals surface area contributed by atoms with Crippen LogP contribution in [0, 0.1) is 6.92 Å². The van der Waals surface area contributed by atoms with Crippen molar-refractivity contribution in [2.75, 3.05) is 11.9 Å². The lowest BCUT2D eigenvalue weighted by Crippen LogP contribution is -2.48. The Morgan fingerprint density at radius 2 is 1.84 bits per heavy atom. The van der Waals surface area contributed by atoms with E-state index in [1.165, 1.54) is 23.2 Å². The van der Waals surface area contributed by atoms with E-state index in [0.29, 0.717) is 36.4 Å². The molecule has 0 bridgehead atoms. The quantitative estimate of drug-likeness (QED) is 0.688. The van der Waals surface area contributed by atoms with E-state index in [9.17, 15) is 18.0 Å². The van der Waals surface area contributed by atoms with Gasteiger partial charge in [-0.1, -0.05) is 25.7 Å². The van der Waals surface area contributed by atoms with Gasteiger partial charge >= 0.3 is 0 Å². The maximum absolute atomic E-state index is 13.6. The highest BCUT2D eigenvalue weighted by atomic mass is 32.2. The summed E-state index contributed by atoms with van der Waals surface area (Å²) >= 11 is 0. The maximum atomic E-state index is 13.6. The Morgan fingerprint density at radius 3 is 2.55 bits per heavy atom. The standard InChI is InChI=1S/C22H31N3O5S/c1-14-12-17-19(30-15(2)21(26)24-17)13-20(14)31(28,29)25-11-7-10-18(25)22(27)23-16-8-5-3-4-6-9-16/h12-13,15-16,18H,3-11H2,1-2H3,(H,23,27)(H,24,26). The molecule has 1 aromatic carbocycles. The molecular weight excluding hydrogens is 418 g/mol. The molecule has 2 atom stereocenters. The van der Waals surface area contributed by atoms with Crippen LogP contribution in [0.15, 0.2) is 17.0 Å². The van der Waals surface area contributed by atoms with Crippen molar-refractivity contribution in [2.45, 2.75) is 88.3 Å². The highest BCUT2D eigenvalue weighted by molar-refractivity contribution is 7.89. The first kappa shape index (κ1) is 22.1. The van der Waals surface area contributed by atoms with Crippen LogP contribution in [0.2, 0.25) is 0 Å². The molecular formula is C22H31N3O5S. The summed E-state index contributed by atoms with van der Waals surface area (Å²) in [5, 5.41) is 5.85. The monoisotopic (exact) mass is 449 g/mol. The molecule has 2 unspecified atom stereocenters. The van der Waals surface area contributed by atoms with Crippen LogP contribution in [-0.2, 0) is 19.6 Å². The summed E-state index contributed by atoms with van der Waals surface area (Å²) in [5.74, 6) is -0.132. The number of benzene rings is 1. The Bertz CT molecular complexity index is 970. The molecule has 9 heteroatoms. The number of nitrogens with one attached hydrogen (secondary N) is 2. The minimum absolute atomic E-state index is 0.115. The van der Waals surface area contributed by atoms with Crippen molar-refractivity contribution in [3.05, 3.63) is 17.7 Å². The lowest BCUT2D eigenvalue weighted by Gasteiger charge is -2.28. The predicted octanol–water partition coefficient (Wildman–Crippen LogP) is 2.71. The predicted molar refractivity (Wildman–Crippen MR) is 116 cm³/mol. The lowest BCUT2D eigenvalue weighted by molar-refractivity contribution is -0.125. The number of amides is 2. The topological polar surface area (TPSA) is 105 Å². The Morgan fingerprint density at radius 1 is 1.13 bits per heavy atom. The van der Waals surface area contributed by atoms with Gasteiger partial charge in [0.25, 0.3) is 5.91 Å². The Hall–Kier alpha value is -2.13. The molecule has 3 aliphatic rings. The van der Waals surface area contributed by atoms with Gasteiger partial charge in [0.15, 0.2) is 6.10 Å². The fraction of sp³-hybridized carbons (Fsp3) is 0.636. The van der Waals surface area contributed by atoms with Crippen LogP contribution >= 0.6 is 0 Å². The van der Waals surface area contributed by atoms with Gasteiger partial charge in [0.2, 0.25) is 15.9 Å². The highest BCUT2D eigenvalue weighted by Crippen LogP contribution is 2.37. The minimum atomic E-state index is -3.90. The molecule has 2 fully saturated rings. The molecule has 170 valence electrons. The molecule has 0 aromatic heterocycles. The molecule has 1 saturated carbocycles. The summed E-state index contributed by atoms with van der Waals surface area (Å²) < 4.78 is 34.0. The van der Waals surface area contributed by atoms with Gasteiger partial charge in [-0.25, -0.2) is 8.42 Å². The van der Waals surface area contributed by atoms with Gasteiger partial charge in [-0.15, -0.1) is 0 Å². The van der Waals surface area contributed by atoms with Gasteiger partial charge in [-0.05, 0) is 51.2 Å². The van der Waals surface area contributed by atoms with Crippen molar-refractivity contribution < 1.29 is 22.7 Å². The number of rotatable bonds is 4. The summed E-state index contributed by atoms with van der Waals surface area (Å²) in [6, 6.07) is 2.52. The number of carbonyl (C=O) groups is 2. The van der Waals surface area contributed by atoms with E-state index in [-0.39, 0.29) is 22.8 Å². The van der Waals surface area contributed by atoms with Gasteiger partial charge in [0.05, 0.1) is 10.6 Å². The average molecular weight is 450 g/mol. The average Bonchev–Trinajstić information content (AvgIpc) is 3.09. The number of ether oxygens (including phenoxy) is 1. The number of hydrogen-bond acceptors (Lipinski definition) is 5. The number of anilines is 1. The molecule has 8 nitrogen and oxygen atoms in total. The Balaban J connectivity index is 1.57. The Kier molecular flexibility index (Phi) is 6.25. The second-order valence-electron chi connectivity index (χ2n) is 8.83. The third-order valence-corrected chi connectivity index (χ3v) is 8.55. The molecule has 0 spiro atoms. The van der Waals surface area contributed by atoms with Crippen molar-refractivity contribution in [3.63, 3.8) is 0 Å². The number of nitrogens with zero attached hydrogens (tertiary/aromatic N) is 1. The van der Waals surface area contributed by atoms with Crippen molar-refractivity contribution in [3.8, 4) is 5.75 Å². The largest absolute Gasteiger partial charge is 0.479 e. The van der Waals surface area contributed by atoms with E-state index in [1.54, 1.807) is 19.9 Å². The zero-order valence-electron chi connectivity index (χ0n) is 18.1. The van der Waals surface area contributed by atoms with Gasteiger partial charge in [-0.3, -0.25) is 9.59 Å². The minimum Gasteiger partial charge on any atom is -0.479 e. The second kappa shape index (κ2) is 8.78. The summed E-state index contributed by atoms with van der Waals surface area (Å²) in [6.07, 6.45) is 6.95. The third-order valence-electron chi connectivity index (χ3n) is 6.50. The van der Waals surface area contributed by atoms with Gasteiger partial charge in [0, 0.05) is 18.7 Å². The second-order valence-corrected chi connectivity index (χ2v) is 10.7. The van der Waals surface area contributed by atoms with Crippen LogP contribution in [0.25, 0.3) is 0 Å². The van der Waals surface area contributed by atoms with Gasteiger partial charge in [0.1, 0.15) is 11.8 Å².